The number of rotatable bonds is 6. The van der Waals surface area contributed by atoms with Crippen molar-refractivity contribution >= 4 is 0 Å². The van der Waals surface area contributed by atoms with E-state index in [9.17, 15) is 13.2 Å². The average Bonchev–Trinajstić information content (AvgIpc) is 2.58. The molecule has 7 heteroatoms. The van der Waals surface area contributed by atoms with E-state index in [2.05, 4.69) is 5.10 Å². The molecule has 0 fully saturated rings. The Bertz CT molecular complexity index is 311. The maximum atomic E-state index is 12.0. The lowest BCUT2D eigenvalue weighted by Gasteiger charge is -2.05. The molecule has 0 aromatic carbocycles. The Kier molecular flexibility index (Phi) is 4.60. The summed E-state index contributed by atoms with van der Waals surface area (Å²) in [5.74, 6) is 0.348. The molecular formula is C9H14F3N3O. The van der Waals surface area contributed by atoms with Crippen molar-refractivity contribution < 1.29 is 17.9 Å². The van der Waals surface area contributed by atoms with Crippen molar-refractivity contribution in [3.05, 3.63) is 12.4 Å². The highest BCUT2D eigenvalue weighted by molar-refractivity contribution is 5.11. The van der Waals surface area contributed by atoms with Crippen LogP contribution in [0.2, 0.25) is 0 Å². The Morgan fingerprint density at radius 1 is 1.38 bits per heavy atom. The molecule has 0 radical (unpaired) electrons. The van der Waals surface area contributed by atoms with E-state index < -0.39 is 12.7 Å². The third kappa shape index (κ3) is 5.01. The Morgan fingerprint density at radius 3 is 2.75 bits per heavy atom. The topological polar surface area (TPSA) is 53.1 Å². The fraction of sp³-hybridized carbons (Fsp3) is 0.667. The molecule has 1 aromatic rings. The summed E-state index contributed by atoms with van der Waals surface area (Å²) in [6, 6.07) is 0. The molecule has 92 valence electrons. The standard InChI is InChI=1S/C9H14F3N3O/c10-9(11,12)7-15-6-8(5-14-15)16-4-2-1-3-13/h5-6H,1-4,7,13H2. The van der Waals surface area contributed by atoms with Crippen LogP contribution in [0.4, 0.5) is 13.2 Å². The Balaban J connectivity index is 2.34. The van der Waals surface area contributed by atoms with Gasteiger partial charge in [0.05, 0.1) is 19.0 Å². The molecule has 0 aliphatic carbocycles. The van der Waals surface area contributed by atoms with Crippen molar-refractivity contribution in [2.45, 2.75) is 25.6 Å². The molecule has 4 nitrogen and oxygen atoms in total. The van der Waals surface area contributed by atoms with Crippen LogP contribution in [-0.2, 0) is 6.54 Å². The van der Waals surface area contributed by atoms with Crippen molar-refractivity contribution in [1.82, 2.24) is 9.78 Å². The van der Waals surface area contributed by atoms with Gasteiger partial charge in [0.15, 0.2) is 5.75 Å². The van der Waals surface area contributed by atoms with Crippen LogP contribution in [0, 0.1) is 0 Å². The minimum Gasteiger partial charge on any atom is -0.490 e. The summed E-state index contributed by atoms with van der Waals surface area (Å²) >= 11 is 0. The predicted molar refractivity (Wildman–Crippen MR) is 52.1 cm³/mol. The van der Waals surface area contributed by atoms with E-state index in [4.69, 9.17) is 10.5 Å². The second-order valence-corrected chi connectivity index (χ2v) is 3.33. The number of halogens is 3. The van der Waals surface area contributed by atoms with Crippen LogP contribution in [0.3, 0.4) is 0 Å². The van der Waals surface area contributed by atoms with Gasteiger partial charge in [0, 0.05) is 0 Å². The van der Waals surface area contributed by atoms with Gasteiger partial charge in [-0.05, 0) is 19.4 Å². The van der Waals surface area contributed by atoms with Crippen molar-refractivity contribution in [3.8, 4) is 5.75 Å². The third-order valence-corrected chi connectivity index (χ3v) is 1.82. The monoisotopic (exact) mass is 237 g/mol. The molecular weight excluding hydrogens is 223 g/mol. The van der Waals surface area contributed by atoms with Crippen LogP contribution in [0.15, 0.2) is 12.4 Å². The first-order chi connectivity index (χ1) is 7.51. The zero-order chi connectivity index (χ0) is 12.0. The molecule has 1 heterocycles. The predicted octanol–water partition coefficient (Wildman–Crippen LogP) is 1.56. The molecule has 0 spiro atoms. The van der Waals surface area contributed by atoms with Crippen molar-refractivity contribution in [2.24, 2.45) is 5.73 Å². The van der Waals surface area contributed by atoms with Crippen LogP contribution < -0.4 is 10.5 Å². The zero-order valence-electron chi connectivity index (χ0n) is 8.70. The van der Waals surface area contributed by atoms with Gasteiger partial charge < -0.3 is 10.5 Å². The molecule has 0 saturated carbocycles. The quantitative estimate of drug-likeness (QED) is 0.764. The van der Waals surface area contributed by atoms with E-state index in [1.165, 1.54) is 12.4 Å². The van der Waals surface area contributed by atoms with Gasteiger partial charge in [-0.3, -0.25) is 4.68 Å². The molecule has 1 rings (SSSR count). The van der Waals surface area contributed by atoms with Crippen LogP contribution >= 0.6 is 0 Å². The highest BCUT2D eigenvalue weighted by Crippen LogP contribution is 2.18. The summed E-state index contributed by atoms with van der Waals surface area (Å²) in [6.07, 6.45) is -0.148. The second-order valence-electron chi connectivity index (χ2n) is 3.33. The van der Waals surface area contributed by atoms with E-state index >= 15 is 0 Å². The van der Waals surface area contributed by atoms with E-state index in [1.807, 2.05) is 0 Å². The molecule has 16 heavy (non-hydrogen) atoms. The number of aromatic nitrogens is 2. The van der Waals surface area contributed by atoms with Gasteiger partial charge in [0.25, 0.3) is 0 Å². The normalized spacial score (nSPS) is 11.8. The summed E-state index contributed by atoms with van der Waals surface area (Å²) in [5.41, 5.74) is 5.28. The minimum atomic E-state index is -4.26. The van der Waals surface area contributed by atoms with Crippen molar-refractivity contribution in [2.75, 3.05) is 13.2 Å². The van der Waals surface area contributed by atoms with E-state index in [0.717, 1.165) is 17.5 Å². The second kappa shape index (κ2) is 5.74. The Hall–Kier alpha value is -1.24. The van der Waals surface area contributed by atoms with Gasteiger partial charge in [-0.25, -0.2) is 0 Å². The average molecular weight is 237 g/mol. The summed E-state index contributed by atoms with van der Waals surface area (Å²) in [5, 5.41) is 3.55. The molecule has 0 unspecified atom stereocenters. The maximum Gasteiger partial charge on any atom is 0.408 e. The highest BCUT2D eigenvalue weighted by atomic mass is 19.4. The number of unbranched alkanes of at least 4 members (excludes halogenated alkanes) is 1. The summed E-state index contributed by atoms with van der Waals surface area (Å²) < 4.78 is 42.0. The number of nitrogens with two attached hydrogens (primary N) is 1. The van der Waals surface area contributed by atoms with Gasteiger partial charge in [0.1, 0.15) is 6.54 Å². The van der Waals surface area contributed by atoms with Crippen molar-refractivity contribution in [3.63, 3.8) is 0 Å². The molecule has 0 aliphatic heterocycles. The van der Waals surface area contributed by atoms with Crippen molar-refractivity contribution in [1.29, 1.82) is 0 Å². The number of ether oxygens (including phenoxy) is 1. The number of hydrogen-bond acceptors (Lipinski definition) is 3. The Labute approximate surface area is 91.2 Å². The zero-order valence-corrected chi connectivity index (χ0v) is 8.70. The summed E-state index contributed by atoms with van der Waals surface area (Å²) in [6.45, 7) is -0.0786. The van der Waals surface area contributed by atoms with Gasteiger partial charge >= 0.3 is 6.18 Å². The van der Waals surface area contributed by atoms with Crippen LogP contribution in [0.5, 0.6) is 5.75 Å². The SMILES string of the molecule is NCCCCOc1cnn(CC(F)(F)F)c1. The minimum absolute atomic E-state index is 0.348. The van der Waals surface area contributed by atoms with E-state index in [-0.39, 0.29) is 0 Å². The lowest BCUT2D eigenvalue weighted by molar-refractivity contribution is -0.142. The number of hydrogen-bond donors (Lipinski definition) is 1. The van der Waals surface area contributed by atoms with Crippen LogP contribution in [0.1, 0.15) is 12.8 Å². The lowest BCUT2D eigenvalue weighted by atomic mass is 10.3. The highest BCUT2D eigenvalue weighted by Gasteiger charge is 2.28. The molecule has 1 aromatic heterocycles. The van der Waals surface area contributed by atoms with Crippen LogP contribution in [-0.4, -0.2) is 29.1 Å². The summed E-state index contributed by atoms with van der Waals surface area (Å²) in [4.78, 5) is 0. The fourth-order valence-electron chi connectivity index (χ4n) is 1.13. The van der Waals surface area contributed by atoms with E-state index in [0.29, 0.717) is 18.9 Å². The van der Waals surface area contributed by atoms with Gasteiger partial charge in [0.2, 0.25) is 0 Å². The lowest BCUT2D eigenvalue weighted by Crippen LogP contribution is -2.17. The van der Waals surface area contributed by atoms with Gasteiger partial charge in [-0.1, -0.05) is 0 Å². The van der Waals surface area contributed by atoms with E-state index in [1.54, 1.807) is 0 Å². The fourth-order valence-corrected chi connectivity index (χ4v) is 1.13. The first-order valence-corrected chi connectivity index (χ1v) is 4.93. The number of alkyl halides is 3. The smallest absolute Gasteiger partial charge is 0.408 e. The molecule has 0 aliphatic rings. The molecule has 0 amide bonds. The number of nitrogens with zero attached hydrogens (tertiary/aromatic N) is 2. The largest absolute Gasteiger partial charge is 0.490 e. The van der Waals surface area contributed by atoms with Gasteiger partial charge in [-0.2, -0.15) is 18.3 Å². The third-order valence-electron chi connectivity index (χ3n) is 1.82. The molecule has 0 bridgehead atoms. The Morgan fingerprint density at radius 2 is 2.12 bits per heavy atom. The first kappa shape index (κ1) is 12.8. The van der Waals surface area contributed by atoms with Gasteiger partial charge in [-0.15, -0.1) is 0 Å². The maximum absolute atomic E-state index is 12.0. The van der Waals surface area contributed by atoms with Crippen LogP contribution in [0.25, 0.3) is 0 Å². The summed E-state index contributed by atoms with van der Waals surface area (Å²) in [7, 11) is 0. The molecule has 0 saturated heterocycles. The first-order valence-electron chi connectivity index (χ1n) is 4.93. The molecule has 2 N–H and O–H groups in total. The molecule has 0 atom stereocenters.